The molecule has 0 saturated heterocycles. The van der Waals surface area contributed by atoms with Gasteiger partial charge in [0.1, 0.15) is 11.8 Å². The molecule has 1 aromatic carbocycles. The molecule has 19 heavy (non-hydrogen) atoms. The number of nitrogens with one attached hydrogen (secondary N) is 1. The maximum Gasteiger partial charge on any atom is 0.327 e. The fourth-order valence-corrected chi connectivity index (χ4v) is 1.85. The Morgan fingerprint density at radius 1 is 1.53 bits per heavy atom. The Balaban J connectivity index is 2.18. The van der Waals surface area contributed by atoms with Gasteiger partial charge in [-0.25, -0.2) is 4.79 Å². The van der Waals surface area contributed by atoms with Gasteiger partial charge in [0.2, 0.25) is 0 Å². The van der Waals surface area contributed by atoms with Crippen molar-refractivity contribution in [2.75, 3.05) is 31.0 Å². The Kier molecular flexibility index (Phi) is 3.59. The highest BCUT2D eigenvalue weighted by Gasteiger charge is 2.22. The van der Waals surface area contributed by atoms with Crippen LogP contribution >= 0.6 is 0 Å². The molecule has 0 bridgehead atoms. The molecule has 6 heteroatoms. The molecule has 0 saturated carbocycles. The monoisotopic (exact) mass is 264 g/mol. The summed E-state index contributed by atoms with van der Waals surface area (Å²) in [5.74, 6) is 0.186. The molecule has 0 aliphatic carbocycles. The third-order valence-electron chi connectivity index (χ3n) is 2.98. The summed E-state index contributed by atoms with van der Waals surface area (Å²) in [5, 5.41) is 3.01. The third kappa shape index (κ3) is 2.62. The van der Waals surface area contributed by atoms with E-state index in [1.54, 1.807) is 37.1 Å². The molecule has 1 atom stereocenters. The first-order valence-electron chi connectivity index (χ1n) is 5.90. The minimum atomic E-state index is -0.453. The van der Waals surface area contributed by atoms with Crippen LogP contribution in [0.4, 0.5) is 11.4 Å². The van der Waals surface area contributed by atoms with Crippen LogP contribution in [0.2, 0.25) is 0 Å². The van der Waals surface area contributed by atoms with Gasteiger partial charge in [-0.05, 0) is 19.1 Å². The van der Waals surface area contributed by atoms with Gasteiger partial charge in [-0.1, -0.05) is 0 Å². The number of benzene rings is 1. The number of likely N-dealkylation sites (N-methyl/N-ethyl adjacent to an activating group) is 1. The molecule has 6 nitrogen and oxygen atoms in total. The molecule has 1 aromatic rings. The summed E-state index contributed by atoms with van der Waals surface area (Å²) in [6, 6.07) is 4.87. The number of fused-ring (bicyclic) bond motifs is 1. The van der Waals surface area contributed by atoms with Gasteiger partial charge in [0.05, 0.1) is 12.8 Å². The van der Waals surface area contributed by atoms with E-state index in [1.807, 2.05) is 0 Å². The van der Waals surface area contributed by atoms with E-state index in [9.17, 15) is 9.59 Å². The molecule has 1 aliphatic heterocycles. The molecule has 102 valence electrons. The van der Waals surface area contributed by atoms with E-state index < -0.39 is 6.04 Å². The highest BCUT2D eigenvalue weighted by Crippen LogP contribution is 2.33. The lowest BCUT2D eigenvalue weighted by molar-refractivity contribution is -0.141. The Labute approximate surface area is 111 Å². The second-order valence-electron chi connectivity index (χ2n) is 4.31. The third-order valence-corrected chi connectivity index (χ3v) is 2.98. The first kappa shape index (κ1) is 13.2. The van der Waals surface area contributed by atoms with Crippen molar-refractivity contribution in [2.24, 2.45) is 0 Å². The van der Waals surface area contributed by atoms with E-state index in [0.29, 0.717) is 11.4 Å². The molecule has 1 heterocycles. The van der Waals surface area contributed by atoms with E-state index in [4.69, 9.17) is 4.74 Å². The SMILES string of the molecule is COC(=O)[C@@H](C)Nc1ccc2c(c1)OCC(=O)N2C. The van der Waals surface area contributed by atoms with Crippen molar-refractivity contribution in [3.05, 3.63) is 18.2 Å². The zero-order valence-electron chi connectivity index (χ0n) is 11.1. The number of ether oxygens (including phenoxy) is 2. The van der Waals surface area contributed by atoms with Crippen molar-refractivity contribution in [1.29, 1.82) is 0 Å². The van der Waals surface area contributed by atoms with Crippen molar-refractivity contribution in [2.45, 2.75) is 13.0 Å². The molecule has 1 aliphatic rings. The number of carbonyl (C=O) groups excluding carboxylic acids is 2. The van der Waals surface area contributed by atoms with Gasteiger partial charge in [-0.15, -0.1) is 0 Å². The van der Waals surface area contributed by atoms with E-state index in [-0.39, 0.29) is 18.5 Å². The predicted octanol–water partition coefficient (Wildman–Crippen LogP) is 1.02. The molecule has 0 aromatic heterocycles. The van der Waals surface area contributed by atoms with Crippen LogP contribution in [-0.2, 0) is 14.3 Å². The topological polar surface area (TPSA) is 67.9 Å². The van der Waals surface area contributed by atoms with Gasteiger partial charge in [-0.2, -0.15) is 0 Å². The zero-order valence-corrected chi connectivity index (χ0v) is 11.1. The van der Waals surface area contributed by atoms with Crippen LogP contribution < -0.4 is 15.0 Å². The van der Waals surface area contributed by atoms with Gasteiger partial charge in [0.25, 0.3) is 5.91 Å². The summed E-state index contributed by atoms with van der Waals surface area (Å²) in [6.45, 7) is 1.74. The largest absolute Gasteiger partial charge is 0.481 e. The highest BCUT2D eigenvalue weighted by atomic mass is 16.5. The second-order valence-corrected chi connectivity index (χ2v) is 4.31. The number of hydrogen-bond donors (Lipinski definition) is 1. The van der Waals surface area contributed by atoms with Crippen LogP contribution in [0, 0.1) is 0 Å². The number of hydrogen-bond acceptors (Lipinski definition) is 5. The fourth-order valence-electron chi connectivity index (χ4n) is 1.85. The molecular weight excluding hydrogens is 248 g/mol. The van der Waals surface area contributed by atoms with Crippen LogP contribution in [-0.4, -0.2) is 38.7 Å². The minimum absolute atomic E-state index is 0.0273. The van der Waals surface area contributed by atoms with Crippen molar-refractivity contribution in [3.8, 4) is 5.75 Å². The maximum absolute atomic E-state index is 11.5. The van der Waals surface area contributed by atoms with Crippen molar-refractivity contribution < 1.29 is 19.1 Å². The van der Waals surface area contributed by atoms with E-state index in [1.165, 1.54) is 7.11 Å². The normalized spacial score (nSPS) is 15.3. The van der Waals surface area contributed by atoms with Crippen LogP contribution in [0.1, 0.15) is 6.92 Å². The molecule has 0 radical (unpaired) electrons. The lowest BCUT2D eigenvalue weighted by Gasteiger charge is -2.26. The number of methoxy groups -OCH3 is 1. The summed E-state index contributed by atoms with van der Waals surface area (Å²) < 4.78 is 10.0. The Morgan fingerprint density at radius 2 is 2.26 bits per heavy atom. The predicted molar refractivity (Wildman–Crippen MR) is 70.4 cm³/mol. The van der Waals surface area contributed by atoms with E-state index >= 15 is 0 Å². The Bertz CT molecular complexity index is 515. The molecule has 0 unspecified atom stereocenters. The number of esters is 1. The van der Waals surface area contributed by atoms with Gasteiger partial charge in [0, 0.05) is 18.8 Å². The Hall–Kier alpha value is -2.24. The standard InChI is InChI=1S/C13H16N2O4/c1-8(13(17)18-3)14-9-4-5-10-11(6-9)19-7-12(16)15(10)2/h4-6,8,14H,7H2,1-3H3/t8-/m1/s1. The van der Waals surface area contributed by atoms with E-state index in [2.05, 4.69) is 10.1 Å². The average molecular weight is 264 g/mol. The van der Waals surface area contributed by atoms with Crippen LogP contribution in [0.3, 0.4) is 0 Å². The number of rotatable bonds is 3. The molecule has 0 spiro atoms. The van der Waals surface area contributed by atoms with Gasteiger partial charge in [0.15, 0.2) is 6.61 Å². The number of carbonyl (C=O) groups is 2. The highest BCUT2D eigenvalue weighted by molar-refractivity contribution is 5.97. The molecule has 1 N–H and O–H groups in total. The quantitative estimate of drug-likeness (QED) is 0.825. The van der Waals surface area contributed by atoms with Gasteiger partial charge >= 0.3 is 5.97 Å². The second kappa shape index (κ2) is 5.17. The molecule has 0 fully saturated rings. The van der Waals surface area contributed by atoms with Crippen LogP contribution in [0.5, 0.6) is 5.75 Å². The summed E-state index contributed by atoms with van der Waals surface area (Å²) in [7, 11) is 3.05. The smallest absolute Gasteiger partial charge is 0.327 e. The van der Waals surface area contributed by atoms with Crippen LogP contribution in [0.25, 0.3) is 0 Å². The molecule has 2 rings (SSSR count). The average Bonchev–Trinajstić information content (AvgIpc) is 2.42. The number of nitrogens with zero attached hydrogens (tertiary/aromatic N) is 1. The summed E-state index contributed by atoms with van der Waals surface area (Å²) in [4.78, 5) is 24.4. The number of amides is 1. The molecular formula is C13H16N2O4. The van der Waals surface area contributed by atoms with Crippen molar-refractivity contribution >= 4 is 23.3 Å². The summed E-state index contributed by atoms with van der Waals surface area (Å²) >= 11 is 0. The lowest BCUT2D eigenvalue weighted by Crippen LogP contribution is -2.35. The maximum atomic E-state index is 11.5. The van der Waals surface area contributed by atoms with Gasteiger partial charge < -0.3 is 19.7 Å². The fraction of sp³-hybridized carbons (Fsp3) is 0.385. The first-order chi connectivity index (χ1) is 9.02. The summed E-state index contributed by atoms with van der Waals surface area (Å²) in [5.41, 5.74) is 1.45. The van der Waals surface area contributed by atoms with Crippen LogP contribution in [0.15, 0.2) is 18.2 Å². The van der Waals surface area contributed by atoms with E-state index in [0.717, 1.165) is 5.69 Å². The first-order valence-corrected chi connectivity index (χ1v) is 5.90. The summed E-state index contributed by atoms with van der Waals surface area (Å²) in [6.07, 6.45) is 0. The minimum Gasteiger partial charge on any atom is -0.481 e. The Morgan fingerprint density at radius 3 is 2.95 bits per heavy atom. The van der Waals surface area contributed by atoms with Gasteiger partial charge in [-0.3, -0.25) is 4.79 Å². The van der Waals surface area contributed by atoms with Crippen molar-refractivity contribution in [1.82, 2.24) is 0 Å². The zero-order chi connectivity index (χ0) is 14.0. The number of anilines is 2. The van der Waals surface area contributed by atoms with Crippen molar-refractivity contribution in [3.63, 3.8) is 0 Å². The molecule has 1 amide bonds. The lowest BCUT2D eigenvalue weighted by atomic mass is 10.2.